The molecule has 0 bridgehead atoms. The highest BCUT2D eigenvalue weighted by Crippen LogP contribution is 2.33. The van der Waals surface area contributed by atoms with Gasteiger partial charge < -0.3 is 14.6 Å². The van der Waals surface area contributed by atoms with Crippen LogP contribution in [0.25, 0.3) is 11.3 Å². The molecule has 0 spiro atoms. The zero-order chi connectivity index (χ0) is 20.2. The molecule has 1 fully saturated rings. The second kappa shape index (κ2) is 8.73. The van der Waals surface area contributed by atoms with Crippen LogP contribution in [0.4, 0.5) is 0 Å². The van der Waals surface area contributed by atoms with Gasteiger partial charge in [0.05, 0.1) is 24.6 Å². The molecular formula is C21H25N5O2S. The summed E-state index contributed by atoms with van der Waals surface area (Å²) in [6.45, 7) is 0. The van der Waals surface area contributed by atoms with Gasteiger partial charge in [-0.2, -0.15) is 5.10 Å². The highest BCUT2D eigenvalue weighted by Gasteiger charge is 2.25. The summed E-state index contributed by atoms with van der Waals surface area (Å²) in [5.74, 6) is 0.656. The number of imidazole rings is 1. The number of amides is 1. The fourth-order valence-electron chi connectivity index (χ4n) is 3.66. The Morgan fingerprint density at radius 3 is 2.86 bits per heavy atom. The molecular weight excluding hydrogens is 386 g/mol. The Bertz CT molecular complexity index is 975. The van der Waals surface area contributed by atoms with Gasteiger partial charge in [-0.1, -0.05) is 23.9 Å². The first-order valence-electron chi connectivity index (χ1n) is 9.76. The Morgan fingerprint density at radius 1 is 1.31 bits per heavy atom. The van der Waals surface area contributed by atoms with Crippen LogP contribution >= 0.6 is 11.8 Å². The van der Waals surface area contributed by atoms with Crippen molar-refractivity contribution in [2.45, 2.75) is 42.1 Å². The molecule has 0 atom stereocenters. The van der Waals surface area contributed by atoms with Gasteiger partial charge in [0.25, 0.3) is 5.91 Å². The monoisotopic (exact) mass is 411 g/mol. The molecule has 0 aliphatic heterocycles. The van der Waals surface area contributed by atoms with Gasteiger partial charge in [-0.05, 0) is 37.8 Å². The number of thioether (sulfide) groups is 1. The number of rotatable bonds is 6. The van der Waals surface area contributed by atoms with Crippen molar-refractivity contribution in [1.29, 1.82) is 0 Å². The number of aromatic nitrogens is 4. The molecule has 0 radical (unpaired) electrons. The van der Waals surface area contributed by atoms with E-state index in [-0.39, 0.29) is 11.9 Å². The molecule has 3 aromatic rings. The molecule has 1 saturated carbocycles. The van der Waals surface area contributed by atoms with E-state index in [0.717, 1.165) is 42.2 Å². The predicted octanol–water partition coefficient (Wildman–Crippen LogP) is 3.65. The normalized spacial score (nSPS) is 19.1. The molecule has 2 N–H and O–H groups in total. The third kappa shape index (κ3) is 4.48. The number of carbonyl (C=O) groups is 1. The van der Waals surface area contributed by atoms with E-state index < -0.39 is 0 Å². The first-order valence-corrected chi connectivity index (χ1v) is 10.6. The third-order valence-electron chi connectivity index (χ3n) is 5.30. The number of nitrogens with one attached hydrogen (secondary N) is 2. The second-order valence-corrected chi connectivity index (χ2v) is 8.54. The number of aryl methyl sites for hydroxylation is 1. The van der Waals surface area contributed by atoms with E-state index in [1.54, 1.807) is 13.3 Å². The summed E-state index contributed by atoms with van der Waals surface area (Å²) in [5, 5.41) is 11.8. The average molecular weight is 412 g/mol. The van der Waals surface area contributed by atoms with E-state index in [4.69, 9.17) is 4.74 Å². The lowest BCUT2D eigenvalue weighted by atomic mass is 9.94. The summed E-state index contributed by atoms with van der Waals surface area (Å²) in [7, 11) is 3.65. The molecule has 0 saturated heterocycles. The minimum atomic E-state index is -0.0863. The van der Waals surface area contributed by atoms with Gasteiger partial charge in [0, 0.05) is 36.3 Å². The molecule has 29 heavy (non-hydrogen) atoms. The predicted molar refractivity (Wildman–Crippen MR) is 113 cm³/mol. The Labute approximate surface area is 174 Å². The van der Waals surface area contributed by atoms with Crippen molar-refractivity contribution < 1.29 is 9.53 Å². The number of aromatic amines is 1. The summed E-state index contributed by atoms with van der Waals surface area (Å²) in [4.78, 5) is 17.3. The molecule has 2 aromatic heterocycles. The van der Waals surface area contributed by atoms with E-state index in [1.165, 1.54) is 0 Å². The van der Waals surface area contributed by atoms with Crippen LogP contribution in [0.15, 0.2) is 48.0 Å². The zero-order valence-electron chi connectivity index (χ0n) is 16.6. The lowest BCUT2D eigenvalue weighted by Crippen LogP contribution is -2.38. The van der Waals surface area contributed by atoms with Crippen molar-refractivity contribution in [1.82, 2.24) is 25.1 Å². The third-order valence-corrected chi connectivity index (χ3v) is 6.71. The fourth-order valence-corrected chi connectivity index (χ4v) is 4.81. The van der Waals surface area contributed by atoms with E-state index >= 15 is 0 Å². The average Bonchev–Trinajstić information content (AvgIpc) is 3.39. The number of methoxy groups -OCH3 is 1. The van der Waals surface area contributed by atoms with Crippen molar-refractivity contribution in [2.75, 3.05) is 7.11 Å². The molecule has 1 amide bonds. The van der Waals surface area contributed by atoms with Crippen molar-refractivity contribution in [3.63, 3.8) is 0 Å². The molecule has 8 heteroatoms. The van der Waals surface area contributed by atoms with Gasteiger partial charge in [0.2, 0.25) is 0 Å². The molecule has 4 rings (SSSR count). The van der Waals surface area contributed by atoms with E-state index in [0.29, 0.717) is 16.5 Å². The lowest BCUT2D eigenvalue weighted by Gasteiger charge is -2.28. The Balaban J connectivity index is 1.36. The summed E-state index contributed by atoms with van der Waals surface area (Å²) in [5.41, 5.74) is 2.14. The van der Waals surface area contributed by atoms with E-state index in [1.807, 2.05) is 55.5 Å². The quantitative estimate of drug-likeness (QED) is 0.647. The van der Waals surface area contributed by atoms with Crippen LogP contribution in [0, 0.1) is 0 Å². The highest BCUT2D eigenvalue weighted by atomic mass is 32.2. The van der Waals surface area contributed by atoms with Gasteiger partial charge in [0.15, 0.2) is 5.16 Å². The minimum Gasteiger partial charge on any atom is -0.497 e. The fraction of sp³-hybridized carbons (Fsp3) is 0.381. The number of ether oxygens (including phenoxy) is 1. The van der Waals surface area contributed by atoms with Crippen LogP contribution in [-0.4, -0.2) is 44.1 Å². The van der Waals surface area contributed by atoms with Gasteiger partial charge in [0.1, 0.15) is 5.75 Å². The Hall–Kier alpha value is -2.74. The maximum absolute atomic E-state index is 12.9. The van der Waals surface area contributed by atoms with Crippen molar-refractivity contribution >= 4 is 17.7 Å². The van der Waals surface area contributed by atoms with Crippen LogP contribution in [0.2, 0.25) is 0 Å². The van der Waals surface area contributed by atoms with Gasteiger partial charge in [-0.3, -0.25) is 9.89 Å². The van der Waals surface area contributed by atoms with Gasteiger partial charge >= 0.3 is 0 Å². The van der Waals surface area contributed by atoms with E-state index in [2.05, 4.69) is 25.1 Å². The largest absolute Gasteiger partial charge is 0.497 e. The molecule has 1 aromatic carbocycles. The van der Waals surface area contributed by atoms with Gasteiger partial charge in [-0.25, -0.2) is 4.98 Å². The zero-order valence-corrected chi connectivity index (χ0v) is 17.4. The molecule has 1 aliphatic rings. The van der Waals surface area contributed by atoms with E-state index in [9.17, 15) is 4.79 Å². The first kappa shape index (κ1) is 19.6. The maximum atomic E-state index is 12.9. The van der Waals surface area contributed by atoms with Crippen LogP contribution in [0.3, 0.4) is 0 Å². The lowest BCUT2D eigenvalue weighted by molar-refractivity contribution is 0.0929. The second-order valence-electron chi connectivity index (χ2n) is 7.28. The molecule has 7 nitrogen and oxygen atoms in total. The van der Waals surface area contributed by atoms with Crippen LogP contribution in [0.5, 0.6) is 5.75 Å². The van der Waals surface area contributed by atoms with Crippen LogP contribution in [0.1, 0.15) is 36.0 Å². The number of benzene rings is 1. The standard InChI is InChI=1S/C21H25N5O2S/c1-26-11-10-22-21(26)29-17-8-6-15(7-9-17)24-20(27)18-13-23-25-19(18)14-4-3-5-16(12-14)28-2/h3-5,10-13,15,17H,6-9H2,1-2H3,(H,23,25)(H,24,27). The summed E-state index contributed by atoms with van der Waals surface area (Å²) in [6, 6.07) is 7.80. The maximum Gasteiger partial charge on any atom is 0.255 e. The summed E-state index contributed by atoms with van der Waals surface area (Å²) < 4.78 is 7.34. The topological polar surface area (TPSA) is 84.8 Å². The highest BCUT2D eigenvalue weighted by molar-refractivity contribution is 7.99. The Morgan fingerprint density at radius 2 is 2.14 bits per heavy atom. The van der Waals surface area contributed by atoms with Crippen molar-refractivity contribution in [3.8, 4) is 17.0 Å². The molecule has 0 unspecified atom stereocenters. The number of hydrogen-bond acceptors (Lipinski definition) is 5. The van der Waals surface area contributed by atoms with Crippen LogP contribution < -0.4 is 10.1 Å². The molecule has 2 heterocycles. The number of hydrogen-bond donors (Lipinski definition) is 2. The van der Waals surface area contributed by atoms with Crippen LogP contribution in [-0.2, 0) is 7.05 Å². The molecule has 152 valence electrons. The number of carbonyl (C=O) groups excluding carboxylic acids is 1. The van der Waals surface area contributed by atoms with Crippen molar-refractivity contribution in [2.24, 2.45) is 7.05 Å². The number of nitrogens with zero attached hydrogens (tertiary/aromatic N) is 3. The number of H-pyrrole nitrogens is 1. The first-order chi connectivity index (χ1) is 14.1. The van der Waals surface area contributed by atoms with Crippen molar-refractivity contribution in [3.05, 3.63) is 48.4 Å². The Kier molecular flexibility index (Phi) is 5.89. The summed E-state index contributed by atoms with van der Waals surface area (Å²) in [6.07, 6.45) is 9.47. The molecule has 1 aliphatic carbocycles. The SMILES string of the molecule is COc1cccc(-c2[nH]ncc2C(=O)NC2CCC(Sc3nccn3C)CC2)c1. The minimum absolute atomic E-state index is 0.0863. The van der Waals surface area contributed by atoms with Gasteiger partial charge in [-0.15, -0.1) is 0 Å². The summed E-state index contributed by atoms with van der Waals surface area (Å²) >= 11 is 1.83. The smallest absolute Gasteiger partial charge is 0.255 e.